The Morgan fingerprint density at radius 3 is 2.43 bits per heavy atom. The van der Waals surface area contributed by atoms with Gasteiger partial charge in [-0.3, -0.25) is 9.59 Å². The summed E-state index contributed by atoms with van der Waals surface area (Å²) in [5.74, 6) is 1.04. The molecule has 0 heterocycles. The lowest BCUT2D eigenvalue weighted by atomic mass is 10.3. The molecule has 0 radical (unpaired) electrons. The van der Waals surface area contributed by atoms with Crippen LogP contribution in [-0.4, -0.2) is 36.0 Å². The molecule has 0 fully saturated rings. The van der Waals surface area contributed by atoms with Crippen LogP contribution < -0.4 is 0 Å². The second-order valence-corrected chi connectivity index (χ2v) is 2.98. The maximum Gasteiger partial charge on any atom is 0.325 e. The molecule has 0 spiro atoms. The van der Waals surface area contributed by atoms with Gasteiger partial charge in [0.2, 0.25) is 0 Å². The Kier molecular flexibility index (Phi) is 5.38. The van der Waals surface area contributed by atoms with Gasteiger partial charge in [0.15, 0.2) is 0 Å². The minimum absolute atomic E-state index is 0.0888. The molecule has 0 saturated carbocycles. The fraction of sp³-hybridized carbons (Fsp3) is 0.600. The van der Waals surface area contributed by atoms with Gasteiger partial charge in [-0.15, -0.1) is 6.42 Å². The molecule has 0 aromatic rings. The van der Waals surface area contributed by atoms with Crippen LogP contribution in [-0.2, 0) is 14.3 Å². The second-order valence-electron chi connectivity index (χ2n) is 2.98. The number of carbonyl (C=O) groups excluding carboxylic acids is 2. The van der Waals surface area contributed by atoms with Gasteiger partial charge in [0.25, 0.3) is 5.91 Å². The van der Waals surface area contributed by atoms with Crippen molar-refractivity contribution >= 4 is 11.9 Å². The van der Waals surface area contributed by atoms with Gasteiger partial charge in [0.05, 0.1) is 6.61 Å². The normalized spacial score (nSPS) is 9.36. The number of terminal acetylenes is 1. The number of esters is 1. The third kappa shape index (κ3) is 3.94. The number of nitrogens with zero attached hydrogens (tertiary/aromatic N) is 1. The molecule has 0 bridgehead atoms. The first-order valence-electron chi connectivity index (χ1n) is 4.45. The summed E-state index contributed by atoms with van der Waals surface area (Å²) >= 11 is 0. The Morgan fingerprint density at radius 1 is 1.50 bits per heavy atom. The molecule has 0 rings (SSSR count). The second kappa shape index (κ2) is 6.03. The number of hydrogen-bond acceptors (Lipinski definition) is 3. The van der Waals surface area contributed by atoms with Crippen LogP contribution in [0, 0.1) is 12.3 Å². The van der Waals surface area contributed by atoms with Crippen LogP contribution in [0.25, 0.3) is 0 Å². The summed E-state index contributed by atoms with van der Waals surface area (Å²) < 4.78 is 4.72. The number of ether oxygens (including phenoxy) is 1. The third-order valence-corrected chi connectivity index (χ3v) is 1.61. The first-order chi connectivity index (χ1) is 6.52. The van der Waals surface area contributed by atoms with E-state index in [2.05, 4.69) is 0 Å². The van der Waals surface area contributed by atoms with E-state index in [1.165, 1.54) is 4.90 Å². The number of rotatable bonds is 4. The van der Waals surface area contributed by atoms with Gasteiger partial charge < -0.3 is 9.64 Å². The monoisotopic (exact) mass is 197 g/mol. The summed E-state index contributed by atoms with van der Waals surface area (Å²) in [4.78, 5) is 23.6. The molecule has 1 amide bonds. The SMILES string of the molecule is C#CC(=O)N(CC(=O)OCC)C(C)C. The molecule has 0 aromatic heterocycles. The van der Waals surface area contributed by atoms with Gasteiger partial charge in [-0.25, -0.2) is 0 Å². The van der Waals surface area contributed by atoms with Crippen molar-refractivity contribution in [3.8, 4) is 12.3 Å². The molecule has 0 aliphatic rings. The zero-order chi connectivity index (χ0) is 11.1. The van der Waals surface area contributed by atoms with Crippen molar-refractivity contribution in [3.05, 3.63) is 0 Å². The predicted octanol–water partition coefficient (Wildman–Crippen LogP) is 0.420. The summed E-state index contributed by atoms with van der Waals surface area (Å²) in [6, 6.07) is -0.108. The number of amides is 1. The summed E-state index contributed by atoms with van der Waals surface area (Å²) in [5.41, 5.74) is 0. The molecule has 0 aliphatic carbocycles. The highest BCUT2D eigenvalue weighted by Gasteiger charge is 2.18. The minimum atomic E-state index is -0.493. The highest BCUT2D eigenvalue weighted by molar-refractivity contribution is 5.95. The fourth-order valence-corrected chi connectivity index (χ4v) is 0.918. The van der Waals surface area contributed by atoms with E-state index < -0.39 is 11.9 Å². The molecule has 78 valence electrons. The average molecular weight is 197 g/mol. The van der Waals surface area contributed by atoms with Crippen LogP contribution in [0.4, 0.5) is 0 Å². The Labute approximate surface area is 84.2 Å². The zero-order valence-corrected chi connectivity index (χ0v) is 8.74. The Morgan fingerprint density at radius 2 is 2.07 bits per heavy atom. The molecule has 0 saturated heterocycles. The van der Waals surface area contributed by atoms with Crippen molar-refractivity contribution in [3.63, 3.8) is 0 Å². The maximum atomic E-state index is 11.2. The lowest BCUT2D eigenvalue weighted by molar-refractivity contribution is -0.148. The van der Waals surface area contributed by atoms with E-state index in [0.717, 1.165) is 0 Å². The van der Waals surface area contributed by atoms with Crippen LogP contribution in [0.3, 0.4) is 0 Å². The summed E-state index contributed by atoms with van der Waals surface area (Å²) in [5, 5.41) is 0. The molecule has 0 atom stereocenters. The third-order valence-electron chi connectivity index (χ3n) is 1.61. The standard InChI is InChI=1S/C10H15NO3/c1-5-9(12)11(8(3)4)7-10(13)14-6-2/h1,8H,6-7H2,2-4H3. The van der Waals surface area contributed by atoms with Crippen molar-refractivity contribution in [2.24, 2.45) is 0 Å². The highest BCUT2D eigenvalue weighted by atomic mass is 16.5. The number of carbonyl (C=O) groups is 2. The first kappa shape index (κ1) is 12.5. The zero-order valence-electron chi connectivity index (χ0n) is 8.74. The first-order valence-corrected chi connectivity index (χ1v) is 4.45. The number of hydrogen-bond donors (Lipinski definition) is 0. The Balaban J connectivity index is 4.32. The topological polar surface area (TPSA) is 46.6 Å². The van der Waals surface area contributed by atoms with Crippen LogP contribution in [0.15, 0.2) is 0 Å². The predicted molar refractivity (Wildman–Crippen MR) is 52.3 cm³/mol. The molecular weight excluding hydrogens is 182 g/mol. The van der Waals surface area contributed by atoms with Gasteiger partial charge in [-0.1, -0.05) is 0 Å². The molecule has 0 N–H and O–H groups in total. The van der Waals surface area contributed by atoms with E-state index in [-0.39, 0.29) is 12.6 Å². The smallest absolute Gasteiger partial charge is 0.325 e. The van der Waals surface area contributed by atoms with Gasteiger partial charge in [0.1, 0.15) is 6.54 Å². The van der Waals surface area contributed by atoms with E-state index in [1.54, 1.807) is 20.8 Å². The van der Waals surface area contributed by atoms with Gasteiger partial charge in [-0.05, 0) is 26.7 Å². The van der Waals surface area contributed by atoms with E-state index in [0.29, 0.717) is 6.61 Å². The quantitative estimate of drug-likeness (QED) is 0.484. The minimum Gasteiger partial charge on any atom is -0.465 e. The molecule has 0 aromatic carbocycles. The lowest BCUT2D eigenvalue weighted by Crippen LogP contribution is -2.40. The summed E-state index contributed by atoms with van der Waals surface area (Å²) in [6.07, 6.45) is 4.97. The molecule has 0 unspecified atom stereocenters. The van der Waals surface area contributed by atoms with Crippen LogP contribution in [0.2, 0.25) is 0 Å². The molecule has 4 nitrogen and oxygen atoms in total. The molecule has 0 aliphatic heterocycles. The van der Waals surface area contributed by atoms with E-state index in [9.17, 15) is 9.59 Å². The van der Waals surface area contributed by atoms with Gasteiger partial charge >= 0.3 is 5.97 Å². The lowest BCUT2D eigenvalue weighted by Gasteiger charge is -2.22. The van der Waals surface area contributed by atoms with Crippen molar-refractivity contribution in [2.45, 2.75) is 26.8 Å². The van der Waals surface area contributed by atoms with E-state index in [1.807, 2.05) is 5.92 Å². The van der Waals surface area contributed by atoms with Crippen molar-refractivity contribution < 1.29 is 14.3 Å². The van der Waals surface area contributed by atoms with Crippen LogP contribution in [0.1, 0.15) is 20.8 Å². The summed E-state index contributed by atoms with van der Waals surface area (Å²) in [6.45, 7) is 5.49. The fourth-order valence-electron chi connectivity index (χ4n) is 0.918. The van der Waals surface area contributed by atoms with Crippen molar-refractivity contribution in [1.82, 2.24) is 4.90 Å². The maximum absolute atomic E-state index is 11.2. The largest absolute Gasteiger partial charge is 0.465 e. The van der Waals surface area contributed by atoms with Crippen LogP contribution >= 0.6 is 0 Å². The molecular formula is C10H15NO3. The van der Waals surface area contributed by atoms with E-state index >= 15 is 0 Å². The van der Waals surface area contributed by atoms with Crippen molar-refractivity contribution in [1.29, 1.82) is 0 Å². The average Bonchev–Trinajstić information content (AvgIpc) is 2.13. The van der Waals surface area contributed by atoms with Crippen LogP contribution in [0.5, 0.6) is 0 Å². The molecule has 4 heteroatoms. The van der Waals surface area contributed by atoms with Gasteiger partial charge in [-0.2, -0.15) is 0 Å². The summed E-state index contributed by atoms with van der Waals surface area (Å²) in [7, 11) is 0. The van der Waals surface area contributed by atoms with Gasteiger partial charge in [0, 0.05) is 6.04 Å². The van der Waals surface area contributed by atoms with E-state index in [4.69, 9.17) is 11.2 Å². The Bertz CT molecular complexity index is 253. The highest BCUT2D eigenvalue weighted by Crippen LogP contribution is 1.99. The molecule has 14 heavy (non-hydrogen) atoms. The van der Waals surface area contributed by atoms with Crippen molar-refractivity contribution in [2.75, 3.05) is 13.2 Å². The Hall–Kier alpha value is -1.50.